The van der Waals surface area contributed by atoms with Crippen LogP contribution in [0.15, 0.2) is 12.4 Å². The van der Waals surface area contributed by atoms with Gasteiger partial charge in [0.15, 0.2) is 0 Å². The molecule has 14 heavy (non-hydrogen) atoms. The van der Waals surface area contributed by atoms with Crippen LogP contribution < -0.4 is 5.32 Å². The first kappa shape index (κ1) is 11.3. The molecule has 0 spiro atoms. The highest BCUT2D eigenvalue weighted by Crippen LogP contribution is 2.09. The highest BCUT2D eigenvalue weighted by molar-refractivity contribution is 7.98. The molecule has 0 saturated carbocycles. The Morgan fingerprint density at radius 1 is 1.29 bits per heavy atom. The van der Waals surface area contributed by atoms with E-state index >= 15 is 0 Å². The normalized spacial score (nSPS) is 10.1. The zero-order valence-electron chi connectivity index (χ0n) is 8.79. The molecule has 1 aromatic rings. The lowest BCUT2D eigenvalue weighted by molar-refractivity contribution is 0.960. The first-order chi connectivity index (χ1) is 6.86. The number of anilines is 1. The lowest BCUT2D eigenvalue weighted by atomic mass is 10.4. The van der Waals surface area contributed by atoms with Gasteiger partial charge in [-0.15, -0.1) is 0 Å². The number of aromatic nitrogens is 2. The van der Waals surface area contributed by atoms with Crippen molar-refractivity contribution < 1.29 is 0 Å². The molecule has 0 saturated heterocycles. The van der Waals surface area contributed by atoms with Crippen LogP contribution in [-0.2, 0) is 5.75 Å². The van der Waals surface area contributed by atoms with Crippen LogP contribution in [-0.4, -0.2) is 22.3 Å². The average Bonchev–Trinajstić information content (AvgIpc) is 2.25. The predicted octanol–water partition coefficient (Wildman–Crippen LogP) is 2.55. The van der Waals surface area contributed by atoms with Crippen molar-refractivity contribution in [3.8, 4) is 0 Å². The van der Waals surface area contributed by atoms with Crippen molar-refractivity contribution in [1.29, 1.82) is 0 Å². The maximum atomic E-state index is 4.32. The molecule has 0 aliphatic rings. The fourth-order valence-electron chi connectivity index (χ4n) is 0.980. The number of thioether (sulfide) groups is 1. The van der Waals surface area contributed by atoms with Crippen molar-refractivity contribution in [3.63, 3.8) is 0 Å². The number of nitrogens with zero attached hydrogens (tertiary/aromatic N) is 2. The Morgan fingerprint density at radius 2 is 2.14 bits per heavy atom. The first-order valence-corrected chi connectivity index (χ1v) is 6.14. The van der Waals surface area contributed by atoms with Gasteiger partial charge in [-0.25, -0.2) is 4.98 Å². The smallest absolute Gasteiger partial charge is 0.144 e. The van der Waals surface area contributed by atoms with Crippen LogP contribution in [0.5, 0.6) is 0 Å². The molecule has 0 unspecified atom stereocenters. The minimum atomic E-state index is 0.872. The highest BCUT2D eigenvalue weighted by atomic mass is 32.2. The molecule has 0 amide bonds. The van der Waals surface area contributed by atoms with Crippen LogP contribution >= 0.6 is 11.8 Å². The molecule has 1 aromatic heterocycles. The second-order valence-corrected chi connectivity index (χ2v) is 4.23. The molecule has 0 fully saturated rings. The van der Waals surface area contributed by atoms with Gasteiger partial charge >= 0.3 is 0 Å². The van der Waals surface area contributed by atoms with Crippen molar-refractivity contribution in [2.24, 2.45) is 0 Å². The molecule has 1 N–H and O–H groups in total. The van der Waals surface area contributed by atoms with Crippen molar-refractivity contribution in [1.82, 2.24) is 9.97 Å². The molecule has 0 radical (unpaired) electrons. The van der Waals surface area contributed by atoms with Crippen LogP contribution in [0.3, 0.4) is 0 Å². The Balaban J connectivity index is 2.42. The summed E-state index contributed by atoms with van der Waals surface area (Å²) in [6, 6.07) is 0. The third-order valence-electron chi connectivity index (χ3n) is 1.72. The van der Waals surface area contributed by atoms with E-state index < -0.39 is 0 Å². The van der Waals surface area contributed by atoms with Crippen molar-refractivity contribution in [2.75, 3.05) is 17.6 Å². The molecule has 0 atom stereocenters. The van der Waals surface area contributed by atoms with E-state index in [9.17, 15) is 0 Å². The van der Waals surface area contributed by atoms with E-state index in [1.54, 1.807) is 6.20 Å². The summed E-state index contributed by atoms with van der Waals surface area (Å²) in [5.41, 5.74) is 1.05. The first-order valence-electron chi connectivity index (χ1n) is 4.99. The molecule has 78 valence electrons. The van der Waals surface area contributed by atoms with Gasteiger partial charge < -0.3 is 5.32 Å². The molecule has 0 aromatic carbocycles. The zero-order valence-corrected chi connectivity index (χ0v) is 9.60. The molecular weight excluding hydrogens is 194 g/mol. The Bertz CT molecular complexity index is 221. The topological polar surface area (TPSA) is 37.8 Å². The summed E-state index contributed by atoms with van der Waals surface area (Å²) in [5, 5.41) is 3.20. The second kappa shape index (κ2) is 6.65. The Hall–Kier alpha value is -0.770. The maximum Gasteiger partial charge on any atom is 0.144 e. The van der Waals surface area contributed by atoms with Gasteiger partial charge in [-0.1, -0.05) is 13.8 Å². The third-order valence-corrected chi connectivity index (χ3v) is 2.62. The van der Waals surface area contributed by atoms with E-state index in [1.807, 2.05) is 18.0 Å². The molecule has 0 aliphatic carbocycles. The van der Waals surface area contributed by atoms with Gasteiger partial charge in [-0.05, 0) is 12.2 Å². The van der Waals surface area contributed by atoms with Crippen LogP contribution in [0.4, 0.5) is 5.82 Å². The summed E-state index contributed by atoms with van der Waals surface area (Å²) >= 11 is 1.86. The fraction of sp³-hybridized carbons (Fsp3) is 0.600. The molecule has 0 bridgehead atoms. The van der Waals surface area contributed by atoms with E-state index in [-0.39, 0.29) is 0 Å². The third kappa shape index (κ3) is 3.96. The van der Waals surface area contributed by atoms with Crippen molar-refractivity contribution in [3.05, 3.63) is 18.1 Å². The molecule has 1 heterocycles. The van der Waals surface area contributed by atoms with E-state index in [2.05, 4.69) is 29.1 Å². The van der Waals surface area contributed by atoms with Gasteiger partial charge in [0.25, 0.3) is 0 Å². The summed E-state index contributed by atoms with van der Waals surface area (Å²) < 4.78 is 0. The van der Waals surface area contributed by atoms with Crippen molar-refractivity contribution >= 4 is 17.6 Å². The lowest BCUT2D eigenvalue weighted by Gasteiger charge is -2.03. The van der Waals surface area contributed by atoms with Crippen molar-refractivity contribution in [2.45, 2.75) is 26.0 Å². The van der Waals surface area contributed by atoms with Gasteiger partial charge in [0.1, 0.15) is 5.82 Å². The molecule has 1 rings (SSSR count). The van der Waals surface area contributed by atoms with Gasteiger partial charge in [0.2, 0.25) is 0 Å². The fourth-order valence-corrected chi connectivity index (χ4v) is 1.54. The monoisotopic (exact) mass is 211 g/mol. The summed E-state index contributed by atoms with van der Waals surface area (Å²) in [6.07, 6.45) is 4.76. The van der Waals surface area contributed by atoms with Gasteiger partial charge in [0, 0.05) is 12.3 Å². The largest absolute Gasteiger partial charge is 0.369 e. The number of hydrogen-bond acceptors (Lipinski definition) is 4. The zero-order chi connectivity index (χ0) is 10.2. The van der Waals surface area contributed by atoms with Gasteiger partial charge in [0.05, 0.1) is 18.1 Å². The van der Waals surface area contributed by atoms with Crippen LogP contribution in [0, 0.1) is 0 Å². The van der Waals surface area contributed by atoms with E-state index in [1.165, 1.54) is 0 Å². The number of hydrogen-bond donors (Lipinski definition) is 1. The highest BCUT2D eigenvalue weighted by Gasteiger charge is 1.96. The summed E-state index contributed by atoms with van der Waals surface area (Å²) in [5.74, 6) is 2.95. The van der Waals surface area contributed by atoms with E-state index in [0.717, 1.165) is 36.0 Å². The van der Waals surface area contributed by atoms with E-state index in [4.69, 9.17) is 0 Å². The molecular formula is C10H17N3S. The molecule has 3 nitrogen and oxygen atoms in total. The maximum absolute atomic E-state index is 4.32. The Kier molecular flexibility index (Phi) is 5.37. The SMILES string of the molecule is CCCNc1cnc(CSCC)cn1. The minimum Gasteiger partial charge on any atom is -0.369 e. The number of nitrogens with one attached hydrogen (secondary N) is 1. The van der Waals surface area contributed by atoms with Crippen LogP contribution in [0.1, 0.15) is 26.0 Å². The second-order valence-electron chi connectivity index (χ2n) is 2.96. The summed E-state index contributed by atoms with van der Waals surface area (Å²) in [6.45, 7) is 5.24. The predicted molar refractivity (Wildman–Crippen MR) is 62.6 cm³/mol. The lowest BCUT2D eigenvalue weighted by Crippen LogP contribution is -2.02. The standard InChI is InChI=1S/C10H17N3S/c1-3-5-11-10-7-12-9(6-13-10)8-14-4-2/h6-7H,3-5,8H2,1-2H3,(H,11,13). The minimum absolute atomic E-state index is 0.872. The molecule has 0 aliphatic heterocycles. The molecule has 4 heteroatoms. The quantitative estimate of drug-likeness (QED) is 0.784. The van der Waals surface area contributed by atoms with Gasteiger partial charge in [-0.2, -0.15) is 11.8 Å². The summed E-state index contributed by atoms with van der Waals surface area (Å²) in [4.78, 5) is 8.61. The Morgan fingerprint density at radius 3 is 2.71 bits per heavy atom. The van der Waals surface area contributed by atoms with Crippen LogP contribution in [0.25, 0.3) is 0 Å². The average molecular weight is 211 g/mol. The summed E-state index contributed by atoms with van der Waals surface area (Å²) in [7, 11) is 0. The number of rotatable bonds is 6. The van der Waals surface area contributed by atoms with Crippen LogP contribution in [0.2, 0.25) is 0 Å². The Labute approximate surface area is 89.7 Å². The van der Waals surface area contributed by atoms with Gasteiger partial charge in [-0.3, -0.25) is 4.98 Å². The van der Waals surface area contributed by atoms with E-state index in [0.29, 0.717) is 0 Å².